The topological polar surface area (TPSA) is 20.2 Å². The van der Waals surface area contributed by atoms with E-state index in [4.69, 9.17) is 5.11 Å². The van der Waals surface area contributed by atoms with Gasteiger partial charge in [0.2, 0.25) is 5.82 Å². The molecule has 4 heteroatoms. The van der Waals surface area contributed by atoms with Crippen molar-refractivity contribution in [3.05, 3.63) is 28.6 Å². The van der Waals surface area contributed by atoms with Crippen molar-refractivity contribution in [1.82, 2.24) is 0 Å². The predicted octanol–water partition coefficient (Wildman–Crippen LogP) is 2.43. The minimum absolute atomic E-state index is 0.0198. The van der Waals surface area contributed by atoms with Crippen LogP contribution in [0.4, 0.5) is 13.2 Å². The molecule has 0 heterocycles. The van der Waals surface area contributed by atoms with Gasteiger partial charge < -0.3 is 5.11 Å². The van der Waals surface area contributed by atoms with Crippen molar-refractivity contribution in [3.63, 3.8) is 0 Å². The molecular weight excluding hydrogens is 169 g/mol. The molecule has 0 unspecified atom stereocenters. The van der Waals surface area contributed by atoms with Crippen molar-refractivity contribution in [2.24, 2.45) is 0 Å². The van der Waals surface area contributed by atoms with Crippen LogP contribution in [0.5, 0.6) is 5.75 Å². The van der Waals surface area contributed by atoms with Crippen LogP contribution in [0.25, 0.3) is 0 Å². The van der Waals surface area contributed by atoms with Crippen LogP contribution in [0.3, 0.4) is 0 Å². The van der Waals surface area contributed by atoms with E-state index in [0.29, 0.717) is 0 Å². The van der Waals surface area contributed by atoms with Crippen molar-refractivity contribution < 1.29 is 18.3 Å². The molecule has 1 nitrogen and oxygen atoms in total. The number of halogens is 3. The number of aromatic hydroxyl groups is 1. The van der Waals surface area contributed by atoms with Crippen molar-refractivity contribution in [1.29, 1.82) is 0 Å². The fourth-order valence-electron chi connectivity index (χ4n) is 0.872. The SMILES string of the molecule is Cc1c(C)c(F)c(F)c(F)c1O. The molecule has 0 aliphatic rings. The number of phenolic OH excluding ortho intramolecular Hbond substituents is 1. The van der Waals surface area contributed by atoms with Gasteiger partial charge in [0.1, 0.15) is 0 Å². The van der Waals surface area contributed by atoms with Gasteiger partial charge in [-0.25, -0.2) is 8.78 Å². The summed E-state index contributed by atoms with van der Waals surface area (Å²) in [5.41, 5.74) is -0.0576. The molecule has 1 aromatic carbocycles. The molecule has 0 saturated heterocycles. The lowest BCUT2D eigenvalue weighted by atomic mass is 10.1. The average Bonchev–Trinajstić information content (AvgIpc) is 2.08. The first-order valence-electron chi connectivity index (χ1n) is 3.29. The molecule has 0 saturated carbocycles. The predicted molar refractivity (Wildman–Crippen MR) is 37.5 cm³/mol. The number of hydrogen-bond donors (Lipinski definition) is 1. The number of benzene rings is 1. The average molecular weight is 176 g/mol. The van der Waals surface area contributed by atoms with Gasteiger partial charge in [-0.1, -0.05) is 0 Å². The van der Waals surface area contributed by atoms with Crippen molar-refractivity contribution in [2.75, 3.05) is 0 Å². The zero-order valence-electron chi connectivity index (χ0n) is 6.58. The Balaban J connectivity index is 3.60. The van der Waals surface area contributed by atoms with E-state index >= 15 is 0 Å². The van der Waals surface area contributed by atoms with Gasteiger partial charge in [0.05, 0.1) is 0 Å². The Hall–Kier alpha value is -1.19. The standard InChI is InChI=1S/C8H7F3O/c1-3-4(2)8(12)7(11)6(10)5(3)9/h12H,1-2H3. The molecule has 66 valence electrons. The van der Waals surface area contributed by atoms with E-state index in [9.17, 15) is 13.2 Å². The highest BCUT2D eigenvalue weighted by Crippen LogP contribution is 2.28. The molecule has 0 aliphatic carbocycles. The third-order valence-electron chi connectivity index (χ3n) is 1.84. The Labute approximate surface area is 67.5 Å². The highest BCUT2D eigenvalue weighted by atomic mass is 19.2. The maximum Gasteiger partial charge on any atom is 0.203 e. The summed E-state index contributed by atoms with van der Waals surface area (Å²) in [6.45, 7) is 2.59. The van der Waals surface area contributed by atoms with Crippen LogP contribution >= 0.6 is 0 Å². The molecule has 1 aromatic rings. The third-order valence-corrected chi connectivity index (χ3v) is 1.84. The first-order chi connectivity index (χ1) is 5.46. The zero-order chi connectivity index (χ0) is 9.46. The van der Waals surface area contributed by atoms with Crippen LogP contribution in [-0.4, -0.2) is 5.11 Å². The zero-order valence-corrected chi connectivity index (χ0v) is 6.58. The van der Waals surface area contributed by atoms with E-state index in [1.165, 1.54) is 13.8 Å². The lowest BCUT2D eigenvalue weighted by Gasteiger charge is -2.06. The molecule has 0 fully saturated rings. The summed E-state index contributed by atoms with van der Waals surface area (Å²) < 4.78 is 37.8. The van der Waals surface area contributed by atoms with E-state index in [0.717, 1.165) is 0 Å². The Bertz CT molecular complexity index is 229. The van der Waals surface area contributed by atoms with Crippen molar-refractivity contribution in [3.8, 4) is 5.75 Å². The fourth-order valence-corrected chi connectivity index (χ4v) is 0.872. The summed E-state index contributed by atoms with van der Waals surface area (Å²) in [5.74, 6) is -5.24. The summed E-state index contributed by atoms with van der Waals surface area (Å²) in [6, 6.07) is 0. The first kappa shape index (κ1) is 8.90. The second-order valence-electron chi connectivity index (χ2n) is 2.54. The maximum atomic E-state index is 12.7. The van der Waals surface area contributed by atoms with E-state index < -0.39 is 23.2 Å². The van der Waals surface area contributed by atoms with Gasteiger partial charge >= 0.3 is 0 Å². The molecule has 0 amide bonds. The van der Waals surface area contributed by atoms with Crippen LogP contribution in [-0.2, 0) is 0 Å². The smallest absolute Gasteiger partial charge is 0.203 e. The molecule has 12 heavy (non-hydrogen) atoms. The molecule has 0 spiro atoms. The Kier molecular flexibility index (Phi) is 2.00. The lowest BCUT2D eigenvalue weighted by molar-refractivity contribution is 0.381. The molecule has 0 aliphatic heterocycles. The van der Waals surface area contributed by atoms with Crippen LogP contribution in [0.1, 0.15) is 11.1 Å². The fraction of sp³-hybridized carbons (Fsp3) is 0.250. The molecule has 0 aromatic heterocycles. The second kappa shape index (κ2) is 2.69. The Morgan fingerprint density at radius 1 is 0.833 bits per heavy atom. The van der Waals surface area contributed by atoms with Gasteiger partial charge in [-0.05, 0) is 25.0 Å². The van der Waals surface area contributed by atoms with Gasteiger partial charge in [0, 0.05) is 0 Å². The summed E-state index contributed by atoms with van der Waals surface area (Å²) >= 11 is 0. The minimum Gasteiger partial charge on any atom is -0.505 e. The van der Waals surface area contributed by atoms with Gasteiger partial charge in [-0.15, -0.1) is 0 Å². The number of phenols is 1. The molecule has 1 rings (SSSR count). The Morgan fingerprint density at radius 2 is 1.33 bits per heavy atom. The largest absolute Gasteiger partial charge is 0.505 e. The number of rotatable bonds is 0. The molecule has 0 bridgehead atoms. The van der Waals surface area contributed by atoms with E-state index in [1.54, 1.807) is 0 Å². The van der Waals surface area contributed by atoms with Gasteiger partial charge in [-0.2, -0.15) is 4.39 Å². The van der Waals surface area contributed by atoms with Crippen LogP contribution < -0.4 is 0 Å². The quantitative estimate of drug-likeness (QED) is 0.602. The molecular formula is C8H7F3O. The van der Waals surface area contributed by atoms with Gasteiger partial charge in [0.15, 0.2) is 17.4 Å². The van der Waals surface area contributed by atoms with Crippen molar-refractivity contribution in [2.45, 2.75) is 13.8 Å². The van der Waals surface area contributed by atoms with Gasteiger partial charge in [0.25, 0.3) is 0 Å². The molecule has 1 N–H and O–H groups in total. The highest BCUT2D eigenvalue weighted by molar-refractivity contribution is 5.40. The van der Waals surface area contributed by atoms with Crippen LogP contribution in [0.2, 0.25) is 0 Å². The summed E-state index contributed by atoms with van der Waals surface area (Å²) in [6.07, 6.45) is 0. The van der Waals surface area contributed by atoms with Crippen LogP contribution in [0.15, 0.2) is 0 Å². The summed E-state index contributed by atoms with van der Waals surface area (Å²) in [5, 5.41) is 8.91. The summed E-state index contributed by atoms with van der Waals surface area (Å²) in [4.78, 5) is 0. The lowest BCUT2D eigenvalue weighted by Crippen LogP contribution is -1.98. The highest BCUT2D eigenvalue weighted by Gasteiger charge is 2.19. The number of hydrogen-bond acceptors (Lipinski definition) is 1. The third kappa shape index (κ3) is 1.03. The Morgan fingerprint density at radius 3 is 1.83 bits per heavy atom. The van der Waals surface area contributed by atoms with E-state index in [-0.39, 0.29) is 11.1 Å². The first-order valence-corrected chi connectivity index (χ1v) is 3.29. The summed E-state index contributed by atoms with van der Waals surface area (Å²) in [7, 11) is 0. The van der Waals surface area contributed by atoms with E-state index in [2.05, 4.69) is 0 Å². The molecule has 0 atom stereocenters. The maximum absolute atomic E-state index is 12.7. The van der Waals surface area contributed by atoms with Gasteiger partial charge in [-0.3, -0.25) is 0 Å². The second-order valence-corrected chi connectivity index (χ2v) is 2.54. The minimum atomic E-state index is -1.63. The monoisotopic (exact) mass is 176 g/mol. The van der Waals surface area contributed by atoms with Crippen molar-refractivity contribution >= 4 is 0 Å². The molecule has 0 radical (unpaired) electrons. The normalized spacial score (nSPS) is 10.4. The van der Waals surface area contributed by atoms with Crippen LogP contribution in [0, 0.1) is 31.3 Å². The van der Waals surface area contributed by atoms with E-state index in [1.807, 2.05) is 0 Å².